The average molecular weight is 573 g/mol. The van der Waals surface area contributed by atoms with E-state index in [1.165, 1.54) is 19.3 Å². The predicted molar refractivity (Wildman–Crippen MR) is 174 cm³/mol. The molecular weight excluding hydrogens is 528 g/mol. The Kier molecular flexibility index (Phi) is 10.6. The molecule has 2 amide bonds. The minimum atomic E-state index is -0.0887. The Labute approximate surface area is 251 Å². The number of rotatable bonds is 12. The number of halogens is 1. The number of benzene rings is 3. The zero-order chi connectivity index (χ0) is 29.5. The van der Waals surface area contributed by atoms with Crippen molar-refractivity contribution in [3.05, 3.63) is 88.1 Å². The summed E-state index contributed by atoms with van der Waals surface area (Å²) in [5.74, 6) is 1.38. The molecule has 5 heteroatoms. The molecule has 0 aliphatic carbocycles. The summed E-state index contributed by atoms with van der Waals surface area (Å²) in [7, 11) is 0. The first-order valence-corrected chi connectivity index (χ1v) is 15.5. The number of nitrogens with one attached hydrogen (secondary N) is 1. The minimum absolute atomic E-state index is 0.0887. The quantitative estimate of drug-likeness (QED) is 0.172. The van der Waals surface area contributed by atoms with Gasteiger partial charge in [0.15, 0.2) is 0 Å². The monoisotopic (exact) mass is 572 g/mol. The molecule has 1 aromatic heterocycles. The molecular formula is C36H45ClN2O2. The third kappa shape index (κ3) is 7.54. The number of para-hydroxylation sites is 1. The number of carbonyl (C=O) groups is 1. The molecule has 1 heterocycles. The summed E-state index contributed by atoms with van der Waals surface area (Å²) in [5.41, 5.74) is 7.31. The Balaban J connectivity index is 1.72. The van der Waals surface area contributed by atoms with Crippen molar-refractivity contribution < 1.29 is 9.21 Å². The molecule has 0 aliphatic heterocycles. The fourth-order valence-electron chi connectivity index (χ4n) is 5.52. The van der Waals surface area contributed by atoms with Crippen molar-refractivity contribution >= 4 is 34.3 Å². The molecule has 218 valence electrons. The number of hydrogen-bond donors (Lipinski definition) is 1. The zero-order valence-corrected chi connectivity index (χ0v) is 26.3. The second kappa shape index (κ2) is 14.1. The fraction of sp³-hybridized carbons (Fsp3) is 0.417. The normalized spacial score (nSPS) is 11.5. The van der Waals surface area contributed by atoms with E-state index in [-0.39, 0.29) is 6.03 Å². The van der Waals surface area contributed by atoms with Gasteiger partial charge < -0.3 is 14.6 Å². The highest BCUT2D eigenvalue weighted by Crippen LogP contribution is 2.37. The number of nitrogens with zero attached hydrogens (tertiary/aromatic N) is 1. The summed E-state index contributed by atoms with van der Waals surface area (Å²) in [6.45, 7) is 14.1. The van der Waals surface area contributed by atoms with Gasteiger partial charge in [-0.25, -0.2) is 4.79 Å². The van der Waals surface area contributed by atoms with Gasteiger partial charge in [-0.15, -0.1) is 0 Å². The molecule has 41 heavy (non-hydrogen) atoms. The molecule has 1 N–H and O–H groups in total. The first-order valence-electron chi connectivity index (χ1n) is 15.2. The van der Waals surface area contributed by atoms with E-state index in [9.17, 15) is 4.79 Å². The maximum Gasteiger partial charge on any atom is 0.322 e. The van der Waals surface area contributed by atoms with Crippen molar-refractivity contribution in [2.75, 3.05) is 11.9 Å². The third-order valence-electron chi connectivity index (χ3n) is 7.81. The SMILES string of the molecule is CCCCCCCN(Cc1oc2ccc(C)cc2c1-c1ccc(Cl)cc1)C(=O)Nc1c(C(C)C)cccc1C(C)C. The summed E-state index contributed by atoms with van der Waals surface area (Å²) in [6, 6.07) is 20.4. The third-order valence-corrected chi connectivity index (χ3v) is 8.06. The van der Waals surface area contributed by atoms with E-state index in [0.717, 1.165) is 63.1 Å². The van der Waals surface area contributed by atoms with Gasteiger partial charge in [0.1, 0.15) is 11.3 Å². The number of urea groups is 1. The second-order valence-corrected chi connectivity index (χ2v) is 12.2. The van der Waals surface area contributed by atoms with Crippen LogP contribution in [0.15, 0.2) is 65.1 Å². The molecule has 0 saturated carbocycles. The smallest absolute Gasteiger partial charge is 0.322 e. The molecule has 0 atom stereocenters. The number of unbranched alkanes of at least 4 members (excludes halogenated alkanes) is 4. The van der Waals surface area contributed by atoms with Crippen molar-refractivity contribution in [3.63, 3.8) is 0 Å². The maximum absolute atomic E-state index is 14.1. The van der Waals surface area contributed by atoms with E-state index in [0.29, 0.717) is 29.9 Å². The molecule has 0 bridgehead atoms. The van der Waals surface area contributed by atoms with E-state index >= 15 is 0 Å². The first kappa shape index (κ1) is 30.7. The van der Waals surface area contributed by atoms with Crippen LogP contribution in [-0.4, -0.2) is 17.5 Å². The van der Waals surface area contributed by atoms with Gasteiger partial charge in [-0.1, -0.05) is 114 Å². The molecule has 0 aliphatic rings. The van der Waals surface area contributed by atoms with Gasteiger partial charge in [0.05, 0.1) is 6.54 Å². The van der Waals surface area contributed by atoms with Crippen molar-refractivity contribution in [2.45, 2.75) is 92.0 Å². The Morgan fingerprint density at radius 1 is 0.902 bits per heavy atom. The molecule has 0 saturated heterocycles. The maximum atomic E-state index is 14.1. The lowest BCUT2D eigenvalue weighted by Gasteiger charge is -2.26. The van der Waals surface area contributed by atoms with Crippen LogP contribution in [-0.2, 0) is 6.54 Å². The van der Waals surface area contributed by atoms with Gasteiger partial charge in [0.2, 0.25) is 0 Å². The molecule has 3 aromatic carbocycles. The highest BCUT2D eigenvalue weighted by molar-refractivity contribution is 6.30. The Morgan fingerprint density at radius 2 is 1.56 bits per heavy atom. The molecule has 0 fully saturated rings. The minimum Gasteiger partial charge on any atom is -0.459 e. The van der Waals surface area contributed by atoms with Crippen LogP contribution in [0.5, 0.6) is 0 Å². The number of amides is 2. The van der Waals surface area contributed by atoms with Crippen molar-refractivity contribution in [3.8, 4) is 11.1 Å². The summed E-state index contributed by atoms with van der Waals surface area (Å²) in [6.07, 6.45) is 5.64. The van der Waals surface area contributed by atoms with Gasteiger partial charge in [-0.05, 0) is 66.1 Å². The highest BCUT2D eigenvalue weighted by atomic mass is 35.5. The van der Waals surface area contributed by atoms with Crippen LogP contribution in [0.2, 0.25) is 5.02 Å². The topological polar surface area (TPSA) is 45.5 Å². The van der Waals surface area contributed by atoms with Crippen LogP contribution in [0.25, 0.3) is 22.1 Å². The highest BCUT2D eigenvalue weighted by Gasteiger charge is 2.24. The lowest BCUT2D eigenvalue weighted by atomic mass is 9.93. The summed E-state index contributed by atoms with van der Waals surface area (Å²) in [5, 5.41) is 5.10. The van der Waals surface area contributed by atoms with Crippen LogP contribution in [0.3, 0.4) is 0 Å². The second-order valence-electron chi connectivity index (χ2n) is 11.8. The lowest BCUT2D eigenvalue weighted by Crippen LogP contribution is -2.36. The molecule has 4 nitrogen and oxygen atoms in total. The number of hydrogen-bond acceptors (Lipinski definition) is 2. The van der Waals surface area contributed by atoms with Crippen molar-refractivity contribution in [2.24, 2.45) is 0 Å². The fourth-order valence-corrected chi connectivity index (χ4v) is 5.65. The van der Waals surface area contributed by atoms with Gasteiger partial charge in [-0.3, -0.25) is 0 Å². The predicted octanol–water partition coefficient (Wildman–Crippen LogP) is 11.3. The van der Waals surface area contributed by atoms with E-state index < -0.39 is 0 Å². The van der Waals surface area contributed by atoms with E-state index in [2.05, 4.69) is 77.2 Å². The van der Waals surface area contributed by atoms with Crippen LogP contribution < -0.4 is 5.32 Å². The van der Waals surface area contributed by atoms with Crippen LogP contribution in [0.1, 0.15) is 101 Å². The summed E-state index contributed by atoms with van der Waals surface area (Å²) >= 11 is 6.24. The van der Waals surface area contributed by atoms with Crippen molar-refractivity contribution in [1.82, 2.24) is 4.90 Å². The average Bonchev–Trinajstić information content (AvgIpc) is 3.29. The Bertz CT molecular complexity index is 1430. The molecule has 0 unspecified atom stereocenters. The number of anilines is 1. The zero-order valence-electron chi connectivity index (χ0n) is 25.5. The molecule has 0 radical (unpaired) electrons. The largest absolute Gasteiger partial charge is 0.459 e. The van der Waals surface area contributed by atoms with Gasteiger partial charge in [0.25, 0.3) is 0 Å². The number of fused-ring (bicyclic) bond motifs is 1. The van der Waals surface area contributed by atoms with Gasteiger partial charge >= 0.3 is 6.03 Å². The van der Waals surface area contributed by atoms with Crippen LogP contribution in [0.4, 0.5) is 10.5 Å². The van der Waals surface area contributed by atoms with Gasteiger partial charge in [-0.2, -0.15) is 0 Å². The van der Waals surface area contributed by atoms with Crippen LogP contribution in [0, 0.1) is 6.92 Å². The summed E-state index contributed by atoms with van der Waals surface area (Å²) < 4.78 is 6.48. The summed E-state index contributed by atoms with van der Waals surface area (Å²) in [4.78, 5) is 16.0. The number of aryl methyl sites for hydroxylation is 1. The Morgan fingerprint density at radius 3 is 2.20 bits per heavy atom. The standard InChI is InChI=1S/C36H45ClN2O2/c1-7-8-9-10-11-21-39(36(40)38-35-29(24(2)3)13-12-14-30(35)25(4)5)23-33-34(27-16-18-28(37)19-17-27)31-22-26(6)15-20-32(31)41-33/h12-20,22,24-25H,7-11,21,23H2,1-6H3,(H,38,40). The molecule has 4 aromatic rings. The van der Waals surface area contributed by atoms with E-state index in [1.54, 1.807) is 0 Å². The van der Waals surface area contributed by atoms with Crippen LogP contribution >= 0.6 is 11.6 Å². The van der Waals surface area contributed by atoms with Gasteiger partial charge in [0, 0.05) is 28.2 Å². The Hall–Kier alpha value is -3.24. The molecule has 0 spiro atoms. The number of carbonyl (C=O) groups excluding carboxylic acids is 1. The molecule has 4 rings (SSSR count). The lowest BCUT2D eigenvalue weighted by molar-refractivity contribution is 0.203. The van der Waals surface area contributed by atoms with E-state index in [4.69, 9.17) is 16.0 Å². The first-order chi connectivity index (χ1) is 19.7. The van der Waals surface area contributed by atoms with E-state index in [1.807, 2.05) is 35.2 Å². The number of furan rings is 1. The van der Waals surface area contributed by atoms with Crippen molar-refractivity contribution in [1.29, 1.82) is 0 Å².